The molecule has 0 bridgehead atoms. The molecule has 0 aromatic heterocycles. The molecule has 2 nitrogen and oxygen atoms in total. The van der Waals surface area contributed by atoms with E-state index in [1.54, 1.807) is 0 Å². The van der Waals surface area contributed by atoms with Crippen LogP contribution in [0.1, 0.15) is 53.4 Å². The van der Waals surface area contributed by atoms with Crippen LogP contribution in [0.5, 0.6) is 0 Å². The Labute approximate surface area is 133 Å². The second kappa shape index (κ2) is 7.33. The van der Waals surface area contributed by atoms with E-state index in [0.29, 0.717) is 5.92 Å². The Balaban J connectivity index is 0.000000771. The van der Waals surface area contributed by atoms with Gasteiger partial charge in [0, 0.05) is 11.3 Å². The van der Waals surface area contributed by atoms with Gasteiger partial charge < -0.3 is 15.9 Å². The van der Waals surface area contributed by atoms with Crippen molar-refractivity contribution in [2.24, 2.45) is 11.3 Å². The molecule has 1 saturated heterocycles. The molecule has 0 radical (unpaired) electrons. The van der Waals surface area contributed by atoms with Crippen molar-refractivity contribution in [3.05, 3.63) is 6.42 Å². The van der Waals surface area contributed by atoms with Crippen molar-refractivity contribution >= 4 is 19.8 Å². The van der Waals surface area contributed by atoms with Gasteiger partial charge in [0.1, 0.15) is 0 Å². The summed E-state index contributed by atoms with van der Waals surface area (Å²) in [5.74, 6) is 0.598. The van der Waals surface area contributed by atoms with Crippen molar-refractivity contribution in [3.63, 3.8) is 0 Å². The van der Waals surface area contributed by atoms with E-state index in [2.05, 4.69) is 53.9 Å². The fraction of sp³-hybridized carbons (Fsp3) is 0.929. The fourth-order valence-corrected chi connectivity index (χ4v) is 2.41. The molecular weight excluding hydrogens is 392 g/mol. The van der Waals surface area contributed by atoms with Crippen LogP contribution < -0.4 is 0 Å². The van der Waals surface area contributed by atoms with Crippen LogP contribution in [0.25, 0.3) is 0 Å². The first-order chi connectivity index (χ1) is 8.42. The first kappa shape index (κ1) is 17.3. The first-order valence-corrected chi connectivity index (χ1v) is 15.8. The van der Waals surface area contributed by atoms with E-state index in [-0.39, 0.29) is 17.3 Å². The van der Waals surface area contributed by atoms with Gasteiger partial charge in [-0.1, -0.05) is 26.7 Å². The van der Waals surface area contributed by atoms with E-state index >= 15 is 0 Å². The molecule has 0 amide bonds. The van der Waals surface area contributed by atoms with Crippen molar-refractivity contribution in [2.45, 2.75) is 65.3 Å². The molecule has 18 heavy (non-hydrogen) atoms. The summed E-state index contributed by atoms with van der Waals surface area (Å²) >= 11 is 3.62. The average molecular weight is 418 g/mol. The molecule has 0 spiro atoms. The van der Waals surface area contributed by atoms with Crippen molar-refractivity contribution in [1.29, 1.82) is 0 Å². The predicted molar refractivity (Wildman–Crippen MR) is 79.0 cm³/mol. The summed E-state index contributed by atoms with van der Waals surface area (Å²) in [5, 5.41) is 0. The van der Waals surface area contributed by atoms with Crippen LogP contribution in [-0.2, 0) is 24.3 Å². The quantitative estimate of drug-likeness (QED) is 0.357. The topological polar surface area (TPSA) is 18.5 Å². The monoisotopic (exact) mass is 416 g/mol. The molecule has 0 aromatic carbocycles. The van der Waals surface area contributed by atoms with Gasteiger partial charge in [-0.2, -0.15) is 12.8 Å². The third-order valence-electron chi connectivity index (χ3n) is 4.52. The normalized spacial score (nSPS) is 31.4. The van der Waals surface area contributed by atoms with E-state index in [9.17, 15) is 0 Å². The Bertz CT molecular complexity index is 250. The molecule has 2 rings (SSSR count). The average Bonchev–Trinajstić information content (AvgIpc) is 2.36. The number of ether oxygens (including phenoxy) is 2. The Hall–Kier alpha value is 1.27. The van der Waals surface area contributed by atoms with Crippen molar-refractivity contribution < 1.29 is 24.3 Å². The molecular formula is C14H25IO2Zn. The third-order valence-corrected chi connectivity index (χ3v) is 4.52. The van der Waals surface area contributed by atoms with E-state index in [1.165, 1.54) is 40.5 Å². The molecule has 1 heterocycles. The second-order valence-electron chi connectivity index (χ2n) is 6.39. The molecule has 1 atom stereocenters. The third kappa shape index (κ3) is 4.13. The maximum absolute atomic E-state index is 6.19. The number of hydrogen-bond donors (Lipinski definition) is 0. The van der Waals surface area contributed by atoms with E-state index in [4.69, 9.17) is 9.47 Å². The van der Waals surface area contributed by atoms with Gasteiger partial charge in [-0.15, -0.1) is 0 Å². The summed E-state index contributed by atoms with van der Waals surface area (Å²) in [6, 6.07) is 0. The zero-order valence-corrected chi connectivity index (χ0v) is 17.3. The molecule has 0 aromatic rings. The van der Waals surface area contributed by atoms with Gasteiger partial charge in [-0.25, -0.2) is 0 Å². The predicted octanol–water partition coefficient (Wildman–Crippen LogP) is 4.44. The zero-order valence-electron chi connectivity index (χ0n) is 12.2. The van der Waals surface area contributed by atoms with Gasteiger partial charge in [0.05, 0.1) is 12.2 Å². The molecule has 1 aliphatic carbocycles. The van der Waals surface area contributed by atoms with Crippen LogP contribution in [-0.4, -0.2) is 18.5 Å². The Kier molecular flexibility index (Phi) is 7.06. The van der Waals surface area contributed by atoms with Gasteiger partial charge in [-0.3, -0.25) is 0 Å². The summed E-state index contributed by atoms with van der Waals surface area (Å²) in [5.41, 5.74) is 0.0152. The van der Waals surface area contributed by atoms with E-state index in [1.807, 2.05) is 0 Å². The summed E-state index contributed by atoms with van der Waals surface area (Å²) in [6.45, 7) is 9.63. The molecule has 1 unspecified atom stereocenters. The van der Waals surface area contributed by atoms with Crippen LogP contribution in [0.3, 0.4) is 0 Å². The maximum atomic E-state index is 6.19. The van der Waals surface area contributed by atoms with Crippen LogP contribution in [0.4, 0.5) is 0 Å². The van der Waals surface area contributed by atoms with Crippen LogP contribution in [0.2, 0.25) is 0 Å². The van der Waals surface area contributed by atoms with E-state index in [0.717, 1.165) is 6.61 Å². The Morgan fingerprint density at radius 2 is 1.67 bits per heavy atom. The molecule has 2 aliphatic rings. The van der Waals surface area contributed by atoms with Crippen LogP contribution in [0.15, 0.2) is 0 Å². The Morgan fingerprint density at radius 3 is 2.17 bits per heavy atom. The minimum atomic E-state index is -0.0862. The van der Waals surface area contributed by atoms with Gasteiger partial charge in [0.2, 0.25) is 0 Å². The fourth-order valence-electron chi connectivity index (χ4n) is 2.41. The second-order valence-corrected chi connectivity index (χ2v) is 6.39. The van der Waals surface area contributed by atoms with E-state index < -0.39 is 0 Å². The van der Waals surface area contributed by atoms with Gasteiger partial charge in [-0.05, 0) is 13.8 Å². The van der Waals surface area contributed by atoms with Gasteiger partial charge >= 0.3 is 34.5 Å². The standard InChI is InChI=1S/C14H25O2.HI.Zn/c1-13(2)10-15-12(16-14(13,3)4)11-8-6-5-7-9-11;;/h5,11-12H,6-10H2,1-4H3;1H;/q-1;;+2/p-1. The first-order valence-electron chi connectivity index (χ1n) is 6.80. The summed E-state index contributed by atoms with van der Waals surface area (Å²) in [6.07, 6.45) is 7.29. The molecule has 102 valence electrons. The van der Waals surface area contributed by atoms with Crippen LogP contribution >= 0.6 is 19.8 Å². The zero-order chi connectivity index (χ0) is 13.8. The summed E-state index contributed by atoms with van der Waals surface area (Å²) in [7, 11) is 0. The molecule has 4 heteroatoms. The summed E-state index contributed by atoms with van der Waals surface area (Å²) in [4.78, 5) is 0. The number of halogens is 1. The Morgan fingerprint density at radius 1 is 1.11 bits per heavy atom. The number of hydrogen-bond acceptors (Lipinski definition) is 2. The van der Waals surface area contributed by atoms with Crippen molar-refractivity contribution in [1.82, 2.24) is 0 Å². The molecule has 0 N–H and O–H groups in total. The van der Waals surface area contributed by atoms with Crippen LogP contribution in [0, 0.1) is 17.8 Å². The molecule has 2 fully saturated rings. The molecule has 1 saturated carbocycles. The van der Waals surface area contributed by atoms with Crippen molar-refractivity contribution in [3.8, 4) is 0 Å². The number of rotatable bonds is 1. The summed E-state index contributed by atoms with van der Waals surface area (Å²) < 4.78 is 12.1. The van der Waals surface area contributed by atoms with Crippen molar-refractivity contribution in [2.75, 3.05) is 6.61 Å². The van der Waals surface area contributed by atoms with Gasteiger partial charge in [0.15, 0.2) is 6.29 Å². The van der Waals surface area contributed by atoms with Gasteiger partial charge in [0.25, 0.3) is 0 Å². The SMILES string of the molecule is CC1(C)COC(C2CC[CH-]CC2)OC1(C)C.[Zn+][I]. The minimum absolute atomic E-state index is 0.0247. The molecule has 1 aliphatic heterocycles.